The van der Waals surface area contributed by atoms with Crippen LogP contribution in [-0.2, 0) is 14.2 Å². The fourth-order valence-corrected chi connectivity index (χ4v) is 1.85. The number of rotatable bonds is 2. The molecular weight excluding hydrogens is 176 g/mol. The highest BCUT2D eigenvalue weighted by molar-refractivity contribution is 4.99. The van der Waals surface area contributed by atoms with Crippen molar-refractivity contribution in [2.45, 2.75) is 31.0 Å². The Morgan fingerprint density at radius 2 is 2.31 bits per heavy atom. The SMILES string of the molecule is CCO[C@]1(O)CO[C@@H]2[C@H](O)CO[C@@H]21. The lowest BCUT2D eigenvalue weighted by molar-refractivity contribution is -0.241. The van der Waals surface area contributed by atoms with E-state index in [0.29, 0.717) is 6.61 Å². The van der Waals surface area contributed by atoms with Gasteiger partial charge in [-0.3, -0.25) is 0 Å². The van der Waals surface area contributed by atoms with Gasteiger partial charge in [0.15, 0.2) is 0 Å². The Balaban J connectivity index is 2.09. The summed E-state index contributed by atoms with van der Waals surface area (Å²) in [6, 6.07) is 0. The van der Waals surface area contributed by atoms with Gasteiger partial charge in [-0.1, -0.05) is 0 Å². The Morgan fingerprint density at radius 3 is 3.00 bits per heavy atom. The zero-order valence-corrected chi connectivity index (χ0v) is 7.47. The molecule has 0 aliphatic carbocycles. The molecule has 0 aromatic heterocycles. The molecule has 2 aliphatic heterocycles. The fraction of sp³-hybridized carbons (Fsp3) is 1.00. The predicted molar refractivity (Wildman–Crippen MR) is 42.1 cm³/mol. The van der Waals surface area contributed by atoms with Gasteiger partial charge in [-0.15, -0.1) is 0 Å². The van der Waals surface area contributed by atoms with E-state index in [0.717, 1.165) is 0 Å². The van der Waals surface area contributed by atoms with Crippen molar-refractivity contribution in [3.8, 4) is 0 Å². The molecule has 4 atom stereocenters. The Labute approximate surface area is 76.2 Å². The summed E-state index contributed by atoms with van der Waals surface area (Å²) < 4.78 is 15.6. The average Bonchev–Trinajstić information content (AvgIpc) is 2.58. The van der Waals surface area contributed by atoms with Crippen LogP contribution in [0.1, 0.15) is 6.92 Å². The molecule has 5 heteroatoms. The summed E-state index contributed by atoms with van der Waals surface area (Å²) in [7, 11) is 0. The number of hydrogen-bond acceptors (Lipinski definition) is 5. The highest BCUT2D eigenvalue weighted by atomic mass is 16.7. The van der Waals surface area contributed by atoms with E-state index in [4.69, 9.17) is 14.2 Å². The van der Waals surface area contributed by atoms with Crippen molar-refractivity contribution in [1.29, 1.82) is 0 Å². The van der Waals surface area contributed by atoms with E-state index in [1.54, 1.807) is 6.92 Å². The topological polar surface area (TPSA) is 68.2 Å². The second-order valence-corrected chi connectivity index (χ2v) is 3.37. The molecule has 0 bridgehead atoms. The van der Waals surface area contributed by atoms with Crippen LogP contribution in [0.2, 0.25) is 0 Å². The molecular formula is C8H14O5. The van der Waals surface area contributed by atoms with E-state index in [2.05, 4.69) is 0 Å². The van der Waals surface area contributed by atoms with Crippen LogP contribution in [0.4, 0.5) is 0 Å². The van der Waals surface area contributed by atoms with Gasteiger partial charge in [0.05, 0.1) is 6.61 Å². The van der Waals surface area contributed by atoms with Gasteiger partial charge in [-0.2, -0.15) is 0 Å². The lowest BCUT2D eigenvalue weighted by Crippen LogP contribution is -2.46. The minimum absolute atomic E-state index is 0.0627. The number of hydrogen-bond donors (Lipinski definition) is 2. The van der Waals surface area contributed by atoms with Crippen LogP contribution in [0.15, 0.2) is 0 Å². The van der Waals surface area contributed by atoms with E-state index in [-0.39, 0.29) is 13.2 Å². The number of fused-ring (bicyclic) bond motifs is 1. The summed E-state index contributed by atoms with van der Waals surface area (Å²) in [5.41, 5.74) is 0. The van der Waals surface area contributed by atoms with Crippen LogP contribution in [-0.4, -0.2) is 54.1 Å². The Kier molecular flexibility index (Phi) is 2.29. The standard InChI is InChI=1S/C8H14O5/c1-2-13-8(10)4-12-6-5(9)3-11-7(6)8/h5-7,9-10H,2-4H2,1H3/t5-,6-,7+,8-/m1/s1. The van der Waals surface area contributed by atoms with Gasteiger partial charge in [-0.25, -0.2) is 0 Å². The van der Waals surface area contributed by atoms with E-state index >= 15 is 0 Å². The van der Waals surface area contributed by atoms with Crippen molar-refractivity contribution < 1.29 is 24.4 Å². The van der Waals surface area contributed by atoms with Crippen LogP contribution < -0.4 is 0 Å². The van der Waals surface area contributed by atoms with Crippen molar-refractivity contribution in [1.82, 2.24) is 0 Å². The minimum atomic E-state index is -1.38. The molecule has 2 N–H and O–H groups in total. The largest absolute Gasteiger partial charge is 0.388 e. The van der Waals surface area contributed by atoms with E-state index < -0.39 is 24.1 Å². The maximum atomic E-state index is 9.90. The van der Waals surface area contributed by atoms with Crippen LogP contribution in [0.3, 0.4) is 0 Å². The van der Waals surface area contributed by atoms with E-state index in [1.807, 2.05) is 0 Å². The van der Waals surface area contributed by atoms with Gasteiger partial charge in [0, 0.05) is 6.61 Å². The van der Waals surface area contributed by atoms with Crippen LogP contribution in [0.25, 0.3) is 0 Å². The van der Waals surface area contributed by atoms with Crippen molar-refractivity contribution in [3.05, 3.63) is 0 Å². The maximum absolute atomic E-state index is 9.90. The van der Waals surface area contributed by atoms with Crippen molar-refractivity contribution >= 4 is 0 Å². The molecule has 2 fully saturated rings. The van der Waals surface area contributed by atoms with Gasteiger partial charge >= 0.3 is 0 Å². The number of aliphatic hydroxyl groups is 2. The summed E-state index contributed by atoms with van der Waals surface area (Å²) >= 11 is 0. The van der Waals surface area contributed by atoms with Crippen molar-refractivity contribution in [3.63, 3.8) is 0 Å². The lowest BCUT2D eigenvalue weighted by atomic mass is 10.1. The first-order valence-corrected chi connectivity index (χ1v) is 4.45. The van der Waals surface area contributed by atoms with Gasteiger partial charge in [0.2, 0.25) is 5.79 Å². The van der Waals surface area contributed by atoms with Gasteiger partial charge in [0.1, 0.15) is 24.9 Å². The van der Waals surface area contributed by atoms with Crippen LogP contribution >= 0.6 is 0 Å². The molecule has 0 radical (unpaired) electrons. The third kappa shape index (κ3) is 1.37. The Hall–Kier alpha value is -0.200. The zero-order chi connectivity index (χ0) is 9.47. The first kappa shape index (κ1) is 9.36. The first-order chi connectivity index (χ1) is 6.17. The molecule has 0 aromatic rings. The Morgan fingerprint density at radius 1 is 1.54 bits per heavy atom. The van der Waals surface area contributed by atoms with Crippen molar-refractivity contribution in [2.75, 3.05) is 19.8 Å². The molecule has 0 spiro atoms. The average molecular weight is 190 g/mol. The van der Waals surface area contributed by atoms with E-state index in [9.17, 15) is 10.2 Å². The quantitative estimate of drug-likeness (QED) is 0.539. The van der Waals surface area contributed by atoms with E-state index in [1.165, 1.54) is 0 Å². The molecule has 76 valence electrons. The zero-order valence-electron chi connectivity index (χ0n) is 7.47. The number of aliphatic hydroxyl groups excluding tert-OH is 1. The molecule has 2 aliphatic rings. The number of ether oxygens (including phenoxy) is 3. The molecule has 0 unspecified atom stereocenters. The molecule has 2 heterocycles. The van der Waals surface area contributed by atoms with Crippen molar-refractivity contribution in [2.24, 2.45) is 0 Å². The summed E-state index contributed by atoms with van der Waals surface area (Å²) in [5, 5.41) is 19.3. The monoisotopic (exact) mass is 190 g/mol. The highest BCUT2D eigenvalue weighted by Crippen LogP contribution is 2.34. The molecule has 5 nitrogen and oxygen atoms in total. The third-order valence-corrected chi connectivity index (χ3v) is 2.45. The van der Waals surface area contributed by atoms with Crippen LogP contribution in [0.5, 0.6) is 0 Å². The van der Waals surface area contributed by atoms with Crippen LogP contribution in [0, 0.1) is 0 Å². The second kappa shape index (κ2) is 3.18. The maximum Gasteiger partial charge on any atom is 0.219 e. The second-order valence-electron chi connectivity index (χ2n) is 3.37. The first-order valence-electron chi connectivity index (χ1n) is 4.45. The third-order valence-electron chi connectivity index (χ3n) is 2.45. The summed E-state index contributed by atoms with van der Waals surface area (Å²) in [6.07, 6.45) is -1.65. The van der Waals surface area contributed by atoms with Gasteiger partial charge in [0.25, 0.3) is 0 Å². The molecule has 2 saturated heterocycles. The highest BCUT2D eigenvalue weighted by Gasteiger charge is 2.56. The molecule has 2 rings (SSSR count). The molecule has 0 saturated carbocycles. The smallest absolute Gasteiger partial charge is 0.219 e. The lowest BCUT2D eigenvalue weighted by Gasteiger charge is -2.25. The van der Waals surface area contributed by atoms with Gasteiger partial charge in [-0.05, 0) is 6.92 Å². The summed E-state index contributed by atoms with van der Waals surface area (Å²) in [4.78, 5) is 0. The van der Waals surface area contributed by atoms with Gasteiger partial charge < -0.3 is 24.4 Å². The predicted octanol–water partition coefficient (Wildman–Crippen LogP) is -1.13. The normalized spacial score (nSPS) is 49.6. The minimum Gasteiger partial charge on any atom is -0.388 e. The summed E-state index contributed by atoms with van der Waals surface area (Å²) in [5.74, 6) is -1.38. The Bertz CT molecular complexity index is 197. The molecule has 0 amide bonds. The molecule has 0 aromatic carbocycles. The summed E-state index contributed by atoms with van der Waals surface area (Å²) in [6.45, 7) is 2.44. The molecule has 13 heavy (non-hydrogen) atoms. The fourth-order valence-electron chi connectivity index (χ4n) is 1.85.